The first-order valence-corrected chi connectivity index (χ1v) is 13.2. The fourth-order valence-electron chi connectivity index (χ4n) is 4.10. The van der Waals surface area contributed by atoms with Crippen LogP contribution >= 0.6 is 22.9 Å². The quantitative estimate of drug-likeness (QED) is 0.382. The minimum atomic E-state index is -0.493. The third-order valence-electron chi connectivity index (χ3n) is 6.21. The Morgan fingerprint density at radius 1 is 1.14 bits per heavy atom. The maximum Gasteiger partial charge on any atom is 0.337 e. The lowest BCUT2D eigenvalue weighted by Gasteiger charge is -2.29. The summed E-state index contributed by atoms with van der Waals surface area (Å²) in [6.45, 7) is 6.04. The first-order valence-electron chi connectivity index (χ1n) is 12.0. The van der Waals surface area contributed by atoms with Crippen molar-refractivity contribution in [2.45, 2.75) is 45.7 Å². The number of benzene rings is 2. The highest BCUT2D eigenvalue weighted by Gasteiger charge is 2.25. The molecule has 10 heteroatoms. The van der Waals surface area contributed by atoms with Gasteiger partial charge in [0.15, 0.2) is 5.01 Å². The number of hydrogen-bond donors (Lipinski definition) is 2. The summed E-state index contributed by atoms with van der Waals surface area (Å²) in [5.41, 5.74) is 3.12. The fourth-order valence-corrected chi connectivity index (χ4v) is 5.26. The maximum absolute atomic E-state index is 13.1. The van der Waals surface area contributed by atoms with Crippen LogP contribution in [0.4, 0.5) is 11.4 Å². The summed E-state index contributed by atoms with van der Waals surface area (Å²) in [6.07, 6.45) is 1.27. The van der Waals surface area contributed by atoms with Gasteiger partial charge >= 0.3 is 5.97 Å². The Labute approximate surface area is 225 Å². The summed E-state index contributed by atoms with van der Waals surface area (Å²) in [5.74, 6) is -1.01. The minimum Gasteiger partial charge on any atom is -0.465 e. The summed E-state index contributed by atoms with van der Waals surface area (Å²) in [6, 6.07) is 12.2. The molecule has 1 aliphatic rings. The van der Waals surface area contributed by atoms with E-state index in [2.05, 4.69) is 34.4 Å². The number of hydrogen-bond acceptors (Lipinski definition) is 7. The number of carbonyl (C=O) groups excluding carboxylic acids is 3. The van der Waals surface area contributed by atoms with Crippen molar-refractivity contribution in [3.63, 3.8) is 0 Å². The number of amides is 2. The Morgan fingerprint density at radius 3 is 2.59 bits per heavy atom. The van der Waals surface area contributed by atoms with E-state index in [1.165, 1.54) is 18.4 Å². The second-order valence-electron chi connectivity index (χ2n) is 9.08. The smallest absolute Gasteiger partial charge is 0.337 e. The molecule has 2 heterocycles. The Hall–Kier alpha value is -3.27. The van der Waals surface area contributed by atoms with E-state index in [0.717, 1.165) is 30.1 Å². The van der Waals surface area contributed by atoms with Crippen molar-refractivity contribution in [2.75, 3.05) is 24.3 Å². The highest BCUT2D eigenvalue weighted by Crippen LogP contribution is 2.28. The number of fused-ring (bicyclic) bond motifs is 1. The standard InChI is InChI=1S/C27H29ClN4O4S/c1-16(2)32-13-12-22-23(15-32)37-26(31-22)25(34)30-21-10-4-18(27(35)36-3)14-17(21)5-11-24(33)29-20-8-6-19(28)7-9-20/h4,6-10,14,16H,5,11-13,15H2,1-3H3,(H,29,33)(H,30,34). The topological polar surface area (TPSA) is 101 Å². The highest BCUT2D eigenvalue weighted by atomic mass is 35.5. The van der Waals surface area contributed by atoms with Crippen LogP contribution in [0.3, 0.4) is 0 Å². The van der Waals surface area contributed by atoms with Gasteiger partial charge in [0.25, 0.3) is 5.91 Å². The van der Waals surface area contributed by atoms with Gasteiger partial charge in [0.1, 0.15) is 0 Å². The van der Waals surface area contributed by atoms with Crippen molar-refractivity contribution in [2.24, 2.45) is 0 Å². The third-order valence-corrected chi connectivity index (χ3v) is 7.54. The number of nitrogens with one attached hydrogen (secondary N) is 2. The van der Waals surface area contributed by atoms with E-state index in [1.807, 2.05) is 0 Å². The first-order chi connectivity index (χ1) is 17.7. The van der Waals surface area contributed by atoms with Crippen LogP contribution in [-0.2, 0) is 28.9 Å². The predicted octanol–water partition coefficient (Wildman–Crippen LogP) is 5.17. The average Bonchev–Trinajstić information content (AvgIpc) is 3.32. The molecule has 0 aliphatic carbocycles. The summed E-state index contributed by atoms with van der Waals surface area (Å²) in [5, 5.41) is 6.74. The van der Waals surface area contributed by atoms with E-state index in [0.29, 0.717) is 45.0 Å². The molecule has 0 bridgehead atoms. The van der Waals surface area contributed by atoms with Crippen molar-refractivity contribution >= 4 is 52.1 Å². The van der Waals surface area contributed by atoms with Crippen molar-refractivity contribution in [1.82, 2.24) is 9.88 Å². The number of esters is 1. The lowest BCUT2D eigenvalue weighted by molar-refractivity contribution is -0.116. The number of anilines is 2. The van der Waals surface area contributed by atoms with Crippen molar-refractivity contribution in [3.05, 3.63) is 74.2 Å². The molecule has 0 radical (unpaired) electrons. The zero-order chi connectivity index (χ0) is 26.5. The number of thiazole rings is 1. The Kier molecular flexibility index (Phi) is 8.58. The molecule has 0 saturated carbocycles. The van der Waals surface area contributed by atoms with E-state index in [-0.39, 0.29) is 18.2 Å². The molecule has 2 N–H and O–H groups in total. The van der Waals surface area contributed by atoms with Crippen molar-refractivity contribution < 1.29 is 19.1 Å². The Bertz CT molecular complexity index is 1310. The molecular formula is C27H29ClN4O4S. The van der Waals surface area contributed by atoms with E-state index in [4.69, 9.17) is 16.3 Å². The molecule has 2 amide bonds. The molecular weight excluding hydrogens is 512 g/mol. The zero-order valence-electron chi connectivity index (χ0n) is 21.0. The van der Waals surface area contributed by atoms with Crippen molar-refractivity contribution in [3.8, 4) is 0 Å². The van der Waals surface area contributed by atoms with Gasteiger partial charge in [-0.3, -0.25) is 14.5 Å². The van der Waals surface area contributed by atoms with E-state index < -0.39 is 5.97 Å². The van der Waals surface area contributed by atoms with Gasteiger partial charge in [-0.25, -0.2) is 9.78 Å². The van der Waals surface area contributed by atoms with Crippen LogP contribution in [0.5, 0.6) is 0 Å². The molecule has 4 rings (SSSR count). The monoisotopic (exact) mass is 540 g/mol. The van der Waals surface area contributed by atoms with Gasteiger partial charge < -0.3 is 15.4 Å². The Morgan fingerprint density at radius 2 is 1.89 bits per heavy atom. The number of methoxy groups -OCH3 is 1. The minimum absolute atomic E-state index is 0.146. The average molecular weight is 541 g/mol. The lowest BCUT2D eigenvalue weighted by Crippen LogP contribution is -2.35. The number of carbonyl (C=O) groups is 3. The normalized spacial score (nSPS) is 13.2. The molecule has 2 aromatic carbocycles. The van der Waals surface area contributed by atoms with Crippen molar-refractivity contribution in [1.29, 1.82) is 0 Å². The molecule has 1 aromatic heterocycles. The van der Waals surface area contributed by atoms with E-state index >= 15 is 0 Å². The van der Waals surface area contributed by atoms with Gasteiger partial charge in [-0.15, -0.1) is 11.3 Å². The number of aryl methyl sites for hydroxylation is 1. The second kappa shape index (κ2) is 11.9. The molecule has 8 nitrogen and oxygen atoms in total. The summed E-state index contributed by atoms with van der Waals surface area (Å²) < 4.78 is 4.84. The van der Waals surface area contributed by atoms with Crippen LogP contribution in [0.2, 0.25) is 5.02 Å². The molecule has 0 spiro atoms. The Balaban J connectivity index is 1.48. The zero-order valence-corrected chi connectivity index (χ0v) is 22.5. The number of aromatic nitrogens is 1. The number of halogens is 1. The molecule has 0 saturated heterocycles. The highest BCUT2D eigenvalue weighted by molar-refractivity contribution is 7.13. The first kappa shape index (κ1) is 26.8. The van der Waals surface area contributed by atoms with Gasteiger partial charge in [0.2, 0.25) is 5.91 Å². The van der Waals surface area contributed by atoms with Crippen LogP contribution in [0.25, 0.3) is 0 Å². The van der Waals surface area contributed by atoms with Crippen LogP contribution in [-0.4, -0.2) is 47.4 Å². The van der Waals surface area contributed by atoms with Crippen LogP contribution in [0.1, 0.15) is 56.6 Å². The molecule has 0 atom stereocenters. The van der Waals surface area contributed by atoms with Gasteiger partial charge in [-0.2, -0.15) is 0 Å². The van der Waals surface area contributed by atoms with Gasteiger partial charge in [-0.05, 0) is 68.3 Å². The van der Waals surface area contributed by atoms with Crippen LogP contribution in [0, 0.1) is 0 Å². The van der Waals surface area contributed by atoms with Crippen LogP contribution in [0.15, 0.2) is 42.5 Å². The number of nitrogens with zero attached hydrogens (tertiary/aromatic N) is 2. The third kappa shape index (κ3) is 6.74. The second-order valence-corrected chi connectivity index (χ2v) is 10.6. The van der Waals surface area contributed by atoms with Gasteiger partial charge in [-0.1, -0.05) is 11.6 Å². The molecule has 37 heavy (non-hydrogen) atoms. The molecule has 1 aliphatic heterocycles. The molecule has 3 aromatic rings. The largest absolute Gasteiger partial charge is 0.465 e. The summed E-state index contributed by atoms with van der Waals surface area (Å²) in [4.78, 5) is 45.8. The molecule has 0 unspecified atom stereocenters. The maximum atomic E-state index is 13.1. The molecule has 194 valence electrons. The van der Waals surface area contributed by atoms with E-state index in [9.17, 15) is 14.4 Å². The van der Waals surface area contributed by atoms with Gasteiger partial charge in [0.05, 0.1) is 18.4 Å². The number of rotatable bonds is 8. The fraction of sp³-hybridized carbons (Fsp3) is 0.333. The number of ether oxygens (including phenoxy) is 1. The van der Waals surface area contributed by atoms with E-state index in [1.54, 1.807) is 42.5 Å². The lowest BCUT2D eigenvalue weighted by atomic mass is 10.0. The summed E-state index contributed by atoms with van der Waals surface area (Å²) >= 11 is 7.31. The predicted molar refractivity (Wildman–Crippen MR) is 146 cm³/mol. The SMILES string of the molecule is COC(=O)c1ccc(NC(=O)c2nc3c(s2)CN(C(C)C)CC3)c(CCC(=O)Nc2ccc(Cl)cc2)c1. The van der Waals surface area contributed by atoms with Crippen LogP contribution < -0.4 is 10.6 Å². The summed E-state index contributed by atoms with van der Waals surface area (Å²) in [7, 11) is 1.31. The molecule has 0 fully saturated rings. The van der Waals surface area contributed by atoms with Gasteiger partial charge in [0, 0.05) is 53.2 Å².